The van der Waals surface area contributed by atoms with Gasteiger partial charge < -0.3 is 0 Å². The highest BCUT2D eigenvalue weighted by Crippen LogP contribution is 2.61. The summed E-state index contributed by atoms with van der Waals surface area (Å²) in [6.45, 7) is 0. The van der Waals surface area contributed by atoms with Crippen molar-refractivity contribution >= 4 is 31.9 Å². The zero-order chi connectivity index (χ0) is 19.3. The maximum absolute atomic E-state index is 13.1. The van der Waals surface area contributed by atoms with E-state index in [0.29, 0.717) is 0 Å². The quantitative estimate of drug-likeness (QED) is 0.312. The first-order chi connectivity index (χ1) is 9.73. The minimum Gasteiger partial charge on any atom is -0.198 e. The molecule has 0 fully saturated rings. The first-order valence-corrected chi connectivity index (χ1v) is 6.93. The van der Waals surface area contributed by atoms with Crippen LogP contribution in [-0.2, 0) is 0 Å². The maximum Gasteiger partial charge on any atom is 0.460 e. The van der Waals surface area contributed by atoms with Crippen LogP contribution in [0.3, 0.4) is 0 Å². The van der Waals surface area contributed by atoms with Gasteiger partial charge in [0, 0.05) is 5.33 Å². The SMILES string of the molecule is FC(F)(F)C(F)(F)C(F)(F)C(F)(F)C(F)(F)C(F)(F)[C@H](Br)CBr. The van der Waals surface area contributed by atoms with E-state index in [2.05, 4.69) is 15.9 Å². The van der Waals surface area contributed by atoms with Gasteiger partial charge in [-0.05, 0) is 0 Å². The van der Waals surface area contributed by atoms with E-state index in [4.69, 9.17) is 0 Å². The van der Waals surface area contributed by atoms with Crippen LogP contribution in [0, 0.1) is 0 Å². The van der Waals surface area contributed by atoms with Gasteiger partial charge in [0.2, 0.25) is 0 Å². The van der Waals surface area contributed by atoms with Gasteiger partial charge in [-0.25, -0.2) is 0 Å². The Morgan fingerprint density at radius 3 is 1.13 bits per heavy atom. The summed E-state index contributed by atoms with van der Waals surface area (Å²) in [5, 5.41) is -1.24. The topological polar surface area (TPSA) is 0 Å². The Morgan fingerprint density at radius 1 is 0.565 bits per heavy atom. The summed E-state index contributed by atoms with van der Waals surface area (Å²) in [5.74, 6) is -36.6. The Hall–Kier alpha value is 0.0500. The van der Waals surface area contributed by atoms with Crippen molar-refractivity contribution in [2.45, 2.75) is 40.6 Å². The van der Waals surface area contributed by atoms with Gasteiger partial charge in [0.25, 0.3) is 0 Å². The first kappa shape index (κ1) is 23.1. The number of hydrogen-bond donors (Lipinski definition) is 0. The first-order valence-electron chi connectivity index (χ1n) is 4.89. The molecular weight excluding hydrogens is 503 g/mol. The highest BCUT2D eigenvalue weighted by molar-refractivity contribution is 9.12. The molecule has 0 aromatic carbocycles. The van der Waals surface area contributed by atoms with Crippen molar-refractivity contribution in [1.29, 1.82) is 0 Å². The molecule has 0 radical (unpaired) electrons. The molecule has 0 aromatic rings. The average Bonchev–Trinajstić information content (AvgIpc) is 2.35. The third-order valence-electron chi connectivity index (χ3n) is 2.49. The number of hydrogen-bond acceptors (Lipinski definition) is 0. The van der Waals surface area contributed by atoms with Gasteiger partial charge in [-0.2, -0.15) is 57.1 Å². The summed E-state index contributed by atoms with van der Waals surface area (Å²) >= 11 is 3.83. The monoisotopic (exact) mass is 504 g/mol. The van der Waals surface area contributed by atoms with Gasteiger partial charge in [0.1, 0.15) is 0 Å². The molecule has 0 amide bonds. The standard InChI is InChI=1S/C8H3Br2F13/c9-1-2(10)3(11,12)4(13,14)5(15,16)6(17,18)7(19,20)8(21,22)23/h2H,1H2/t2-/m1/s1. The van der Waals surface area contributed by atoms with Crippen LogP contribution in [0.2, 0.25) is 0 Å². The summed E-state index contributed by atoms with van der Waals surface area (Å²) < 4.78 is 164. The summed E-state index contributed by atoms with van der Waals surface area (Å²) in [6, 6.07) is 0. The molecule has 0 N–H and O–H groups in total. The molecule has 0 bridgehead atoms. The summed E-state index contributed by atoms with van der Waals surface area (Å²) in [5.41, 5.74) is 0. The van der Waals surface area contributed by atoms with Crippen LogP contribution < -0.4 is 0 Å². The molecule has 0 unspecified atom stereocenters. The van der Waals surface area contributed by atoms with Crippen molar-refractivity contribution in [3.05, 3.63) is 0 Å². The van der Waals surface area contributed by atoms with Crippen LogP contribution >= 0.6 is 31.9 Å². The maximum atomic E-state index is 13.1. The molecule has 0 aliphatic heterocycles. The Kier molecular flexibility index (Phi) is 6.10. The zero-order valence-corrected chi connectivity index (χ0v) is 13.1. The zero-order valence-electron chi connectivity index (χ0n) is 9.95. The molecule has 0 rings (SSSR count). The number of halogens is 15. The average molecular weight is 506 g/mol. The largest absolute Gasteiger partial charge is 0.460 e. The normalized spacial score (nSPS) is 17.3. The van der Waals surface area contributed by atoms with Crippen LogP contribution in [0.5, 0.6) is 0 Å². The third-order valence-corrected chi connectivity index (χ3v) is 4.90. The van der Waals surface area contributed by atoms with Gasteiger partial charge >= 0.3 is 35.8 Å². The molecule has 0 aliphatic carbocycles. The molecule has 0 aromatic heterocycles. The van der Waals surface area contributed by atoms with Crippen molar-refractivity contribution in [2.75, 3.05) is 5.33 Å². The highest BCUT2D eigenvalue weighted by atomic mass is 79.9. The molecule has 0 saturated carbocycles. The van der Waals surface area contributed by atoms with Crippen LogP contribution in [0.4, 0.5) is 57.1 Å². The van der Waals surface area contributed by atoms with Gasteiger partial charge in [-0.3, -0.25) is 0 Å². The number of rotatable bonds is 6. The van der Waals surface area contributed by atoms with E-state index in [-0.39, 0.29) is 0 Å². The molecule has 0 aliphatic rings. The molecule has 0 heterocycles. The van der Waals surface area contributed by atoms with Gasteiger partial charge in [-0.1, -0.05) is 31.9 Å². The van der Waals surface area contributed by atoms with E-state index in [9.17, 15) is 57.1 Å². The lowest BCUT2D eigenvalue weighted by molar-refractivity contribution is -0.439. The summed E-state index contributed by atoms with van der Waals surface area (Å²) in [4.78, 5) is -2.98. The fourth-order valence-electron chi connectivity index (χ4n) is 1.08. The van der Waals surface area contributed by atoms with E-state index < -0.39 is 45.9 Å². The fraction of sp³-hybridized carbons (Fsp3) is 1.00. The molecule has 0 nitrogen and oxygen atoms in total. The van der Waals surface area contributed by atoms with E-state index in [1.54, 1.807) is 15.9 Å². The Morgan fingerprint density at radius 2 is 0.870 bits per heavy atom. The fourth-order valence-corrected chi connectivity index (χ4v) is 1.77. The number of alkyl halides is 15. The highest BCUT2D eigenvalue weighted by Gasteiger charge is 2.91. The van der Waals surface area contributed by atoms with Crippen molar-refractivity contribution in [3.8, 4) is 0 Å². The van der Waals surface area contributed by atoms with Crippen molar-refractivity contribution in [3.63, 3.8) is 0 Å². The van der Waals surface area contributed by atoms with Crippen LogP contribution in [0.25, 0.3) is 0 Å². The van der Waals surface area contributed by atoms with E-state index in [1.807, 2.05) is 0 Å². The van der Waals surface area contributed by atoms with Crippen molar-refractivity contribution < 1.29 is 57.1 Å². The molecule has 0 saturated heterocycles. The van der Waals surface area contributed by atoms with Crippen molar-refractivity contribution in [1.82, 2.24) is 0 Å². The molecule has 15 heteroatoms. The lowest BCUT2D eigenvalue weighted by Crippen LogP contribution is -2.71. The van der Waals surface area contributed by atoms with Gasteiger partial charge in [0.15, 0.2) is 0 Å². The molecule has 140 valence electrons. The second kappa shape index (κ2) is 6.09. The van der Waals surface area contributed by atoms with Crippen LogP contribution in [0.15, 0.2) is 0 Å². The Labute approximate surface area is 135 Å². The third kappa shape index (κ3) is 3.15. The van der Waals surface area contributed by atoms with Gasteiger partial charge in [0.05, 0.1) is 4.83 Å². The molecule has 1 atom stereocenters. The summed E-state index contributed by atoms with van der Waals surface area (Å²) in [7, 11) is 0. The van der Waals surface area contributed by atoms with E-state index >= 15 is 0 Å². The molecule has 23 heavy (non-hydrogen) atoms. The molecule has 0 spiro atoms. The minimum atomic E-state index is -7.86. The van der Waals surface area contributed by atoms with E-state index in [1.165, 1.54) is 0 Å². The van der Waals surface area contributed by atoms with E-state index in [0.717, 1.165) is 0 Å². The second-order valence-corrected chi connectivity index (χ2v) is 5.79. The molecular formula is C8H3Br2F13. The second-order valence-electron chi connectivity index (χ2n) is 4.04. The van der Waals surface area contributed by atoms with Crippen molar-refractivity contribution in [2.24, 2.45) is 0 Å². The van der Waals surface area contributed by atoms with Crippen LogP contribution in [-0.4, -0.2) is 45.9 Å². The predicted molar refractivity (Wildman–Crippen MR) is 57.3 cm³/mol. The lowest BCUT2D eigenvalue weighted by atomic mass is 9.93. The minimum absolute atomic E-state index is 1.24. The predicted octanol–water partition coefficient (Wildman–Crippen LogP) is 5.88. The smallest absolute Gasteiger partial charge is 0.198 e. The summed E-state index contributed by atoms with van der Waals surface area (Å²) in [6.07, 6.45) is -7.39. The lowest BCUT2D eigenvalue weighted by Gasteiger charge is -2.40. The van der Waals surface area contributed by atoms with Gasteiger partial charge in [-0.15, -0.1) is 0 Å². The van der Waals surface area contributed by atoms with Crippen LogP contribution in [0.1, 0.15) is 0 Å². The Bertz CT molecular complexity index is 426. The Balaban J connectivity index is 6.25.